The van der Waals surface area contributed by atoms with Gasteiger partial charge < -0.3 is 9.73 Å². The van der Waals surface area contributed by atoms with Crippen LogP contribution in [0.15, 0.2) is 51.9 Å². The Balaban J connectivity index is 1.58. The van der Waals surface area contributed by atoms with Crippen molar-refractivity contribution in [3.05, 3.63) is 75.7 Å². The lowest BCUT2D eigenvalue weighted by atomic mass is 10.2. The van der Waals surface area contributed by atoms with Crippen molar-refractivity contribution >= 4 is 22.6 Å². The minimum absolute atomic E-state index is 0.0815. The lowest BCUT2D eigenvalue weighted by Gasteiger charge is -2.06. The van der Waals surface area contributed by atoms with Crippen LogP contribution in [0.4, 0.5) is 5.69 Å². The van der Waals surface area contributed by atoms with Gasteiger partial charge in [-0.05, 0) is 38.5 Å². The highest BCUT2D eigenvalue weighted by Gasteiger charge is 2.14. The van der Waals surface area contributed by atoms with Crippen LogP contribution < -0.4 is 10.7 Å². The number of carbonyl (C=O) groups excluding carboxylic acids is 1. The molecule has 1 aromatic carbocycles. The number of hydrogen-bond donors (Lipinski definition) is 1. The van der Waals surface area contributed by atoms with E-state index in [0.717, 1.165) is 17.0 Å². The average Bonchev–Trinajstić information content (AvgIpc) is 2.96. The summed E-state index contributed by atoms with van der Waals surface area (Å²) in [5.74, 6) is -0.230. The molecule has 0 saturated carbocycles. The molecule has 0 fully saturated rings. The molecular weight excluding hydrogens is 358 g/mol. The lowest BCUT2D eigenvalue weighted by Crippen LogP contribution is -2.15. The van der Waals surface area contributed by atoms with Gasteiger partial charge in [0.05, 0.1) is 29.2 Å². The fourth-order valence-electron chi connectivity index (χ4n) is 2.82. The van der Waals surface area contributed by atoms with E-state index in [9.17, 15) is 9.59 Å². The maximum Gasteiger partial charge on any atom is 0.291 e. The van der Waals surface area contributed by atoms with Crippen LogP contribution in [0.5, 0.6) is 0 Å². The summed E-state index contributed by atoms with van der Waals surface area (Å²) in [4.78, 5) is 33.1. The van der Waals surface area contributed by atoms with E-state index < -0.39 is 5.91 Å². The van der Waals surface area contributed by atoms with Crippen LogP contribution in [-0.4, -0.2) is 25.7 Å². The number of benzene rings is 1. The first-order valence-corrected chi connectivity index (χ1v) is 8.63. The Labute approximate surface area is 159 Å². The fourth-order valence-corrected chi connectivity index (χ4v) is 2.82. The van der Waals surface area contributed by atoms with Crippen LogP contribution in [-0.2, 0) is 0 Å². The largest absolute Gasteiger partial charge is 0.451 e. The molecule has 0 aliphatic carbocycles. The molecular formula is C20H17N5O3. The molecule has 4 rings (SSSR count). The topological polar surface area (TPSA) is 103 Å². The van der Waals surface area contributed by atoms with Crippen LogP contribution in [0.2, 0.25) is 0 Å². The average molecular weight is 375 g/mol. The van der Waals surface area contributed by atoms with Crippen molar-refractivity contribution in [2.24, 2.45) is 0 Å². The van der Waals surface area contributed by atoms with Gasteiger partial charge >= 0.3 is 0 Å². The van der Waals surface area contributed by atoms with E-state index in [-0.39, 0.29) is 11.2 Å². The van der Waals surface area contributed by atoms with E-state index >= 15 is 0 Å². The molecule has 0 unspecified atom stereocenters. The number of aryl methyl sites for hydroxylation is 1. The number of aromatic nitrogens is 4. The summed E-state index contributed by atoms with van der Waals surface area (Å²) < 4.78 is 7.19. The molecule has 0 spiro atoms. The summed E-state index contributed by atoms with van der Waals surface area (Å²) in [5, 5.41) is 7.47. The van der Waals surface area contributed by atoms with Gasteiger partial charge in [0.2, 0.25) is 0 Å². The zero-order chi connectivity index (χ0) is 19.8. The van der Waals surface area contributed by atoms with E-state index in [1.807, 2.05) is 20.8 Å². The summed E-state index contributed by atoms with van der Waals surface area (Å²) >= 11 is 0. The van der Waals surface area contributed by atoms with Crippen LogP contribution >= 0.6 is 0 Å². The Morgan fingerprint density at radius 3 is 2.50 bits per heavy atom. The van der Waals surface area contributed by atoms with E-state index in [1.54, 1.807) is 28.9 Å². The van der Waals surface area contributed by atoms with E-state index in [0.29, 0.717) is 22.6 Å². The van der Waals surface area contributed by atoms with Crippen molar-refractivity contribution in [1.82, 2.24) is 19.7 Å². The molecule has 3 aromatic heterocycles. The number of para-hydroxylation sites is 1. The van der Waals surface area contributed by atoms with Gasteiger partial charge in [0.15, 0.2) is 11.2 Å². The van der Waals surface area contributed by atoms with Gasteiger partial charge in [0, 0.05) is 11.8 Å². The first-order valence-electron chi connectivity index (χ1n) is 8.63. The van der Waals surface area contributed by atoms with Gasteiger partial charge in [-0.3, -0.25) is 9.59 Å². The summed E-state index contributed by atoms with van der Waals surface area (Å²) in [6.07, 6.45) is 2.95. The Kier molecular flexibility index (Phi) is 4.23. The number of anilines is 1. The van der Waals surface area contributed by atoms with E-state index in [4.69, 9.17) is 4.42 Å². The fraction of sp³-hybridized carbons (Fsp3) is 0.150. The number of nitrogens with zero attached hydrogens (tertiary/aromatic N) is 4. The summed E-state index contributed by atoms with van der Waals surface area (Å²) in [7, 11) is 0. The minimum atomic E-state index is -0.554. The maximum absolute atomic E-state index is 12.5. The molecule has 8 nitrogen and oxygen atoms in total. The van der Waals surface area contributed by atoms with Gasteiger partial charge in [-0.15, -0.1) is 0 Å². The molecule has 3 heterocycles. The molecule has 140 valence electrons. The molecule has 28 heavy (non-hydrogen) atoms. The number of carbonyl (C=O) groups is 1. The molecule has 4 aromatic rings. The number of fused-ring (bicyclic) bond motifs is 1. The Hall–Kier alpha value is -3.81. The third kappa shape index (κ3) is 3.05. The smallest absolute Gasteiger partial charge is 0.291 e. The second kappa shape index (κ2) is 6.73. The molecule has 0 atom stereocenters. The zero-order valence-electron chi connectivity index (χ0n) is 15.6. The van der Waals surface area contributed by atoms with Crippen LogP contribution in [0.3, 0.4) is 0 Å². The summed E-state index contributed by atoms with van der Waals surface area (Å²) in [6, 6.07) is 7.94. The van der Waals surface area contributed by atoms with Crippen molar-refractivity contribution in [2.75, 3.05) is 5.32 Å². The Morgan fingerprint density at radius 1 is 1.11 bits per heavy atom. The molecule has 8 heteroatoms. The van der Waals surface area contributed by atoms with Crippen molar-refractivity contribution in [3.8, 4) is 5.95 Å². The van der Waals surface area contributed by atoms with Gasteiger partial charge in [0.1, 0.15) is 5.58 Å². The Bertz CT molecular complexity index is 1260. The van der Waals surface area contributed by atoms with E-state index in [1.165, 1.54) is 18.5 Å². The second-order valence-electron chi connectivity index (χ2n) is 6.40. The highest BCUT2D eigenvalue weighted by molar-refractivity contribution is 6.02. The van der Waals surface area contributed by atoms with Crippen molar-refractivity contribution in [1.29, 1.82) is 0 Å². The SMILES string of the molecule is Cc1nn(-c2ncc(NC(=O)c3cc(=O)c4ccccc4o3)cn2)c(C)c1C. The molecule has 0 aliphatic heterocycles. The van der Waals surface area contributed by atoms with Crippen molar-refractivity contribution in [3.63, 3.8) is 0 Å². The van der Waals surface area contributed by atoms with Gasteiger partial charge in [0.25, 0.3) is 11.9 Å². The number of hydrogen-bond acceptors (Lipinski definition) is 6. The third-order valence-electron chi connectivity index (χ3n) is 4.60. The monoisotopic (exact) mass is 375 g/mol. The third-order valence-corrected chi connectivity index (χ3v) is 4.60. The minimum Gasteiger partial charge on any atom is -0.451 e. The Morgan fingerprint density at radius 2 is 1.82 bits per heavy atom. The second-order valence-corrected chi connectivity index (χ2v) is 6.40. The van der Waals surface area contributed by atoms with Crippen LogP contribution in [0.1, 0.15) is 27.5 Å². The van der Waals surface area contributed by atoms with Gasteiger partial charge in [-0.25, -0.2) is 14.6 Å². The van der Waals surface area contributed by atoms with Crippen molar-refractivity contribution in [2.45, 2.75) is 20.8 Å². The number of amides is 1. The first-order chi connectivity index (χ1) is 13.4. The van der Waals surface area contributed by atoms with Gasteiger partial charge in [-0.2, -0.15) is 5.10 Å². The number of rotatable bonds is 3. The lowest BCUT2D eigenvalue weighted by molar-refractivity contribution is 0.0997. The highest BCUT2D eigenvalue weighted by Crippen LogP contribution is 2.16. The molecule has 0 radical (unpaired) electrons. The predicted octanol–water partition coefficient (Wildman–Crippen LogP) is 2.95. The molecule has 1 N–H and O–H groups in total. The molecule has 1 amide bonds. The van der Waals surface area contributed by atoms with Crippen LogP contribution in [0, 0.1) is 20.8 Å². The highest BCUT2D eigenvalue weighted by atomic mass is 16.3. The zero-order valence-corrected chi connectivity index (χ0v) is 15.6. The standard InChI is InChI=1S/C20H17N5O3/c1-11-12(2)24-25(13(11)3)20-21-9-14(10-22-20)23-19(27)18-8-16(26)15-6-4-5-7-17(15)28-18/h4-10H,1-3H3,(H,23,27). The van der Waals surface area contributed by atoms with Crippen molar-refractivity contribution < 1.29 is 9.21 Å². The summed E-state index contributed by atoms with van der Waals surface area (Å²) in [5.41, 5.74) is 3.39. The molecule has 0 bridgehead atoms. The first kappa shape index (κ1) is 17.6. The summed E-state index contributed by atoms with van der Waals surface area (Å²) in [6.45, 7) is 5.85. The van der Waals surface area contributed by atoms with E-state index in [2.05, 4.69) is 20.4 Å². The predicted molar refractivity (Wildman–Crippen MR) is 104 cm³/mol. The molecule has 0 saturated heterocycles. The number of nitrogens with one attached hydrogen (secondary N) is 1. The molecule has 0 aliphatic rings. The van der Waals surface area contributed by atoms with Crippen LogP contribution in [0.25, 0.3) is 16.9 Å². The van der Waals surface area contributed by atoms with Gasteiger partial charge in [-0.1, -0.05) is 12.1 Å². The maximum atomic E-state index is 12.5. The quantitative estimate of drug-likeness (QED) is 0.590. The normalized spacial score (nSPS) is 11.0.